The van der Waals surface area contributed by atoms with Gasteiger partial charge in [-0.1, -0.05) is 48.5 Å². The quantitative estimate of drug-likeness (QED) is 0.777. The van der Waals surface area contributed by atoms with E-state index in [1.807, 2.05) is 18.2 Å². The molecule has 26 heavy (non-hydrogen) atoms. The fourth-order valence-corrected chi connectivity index (χ4v) is 2.91. The summed E-state index contributed by atoms with van der Waals surface area (Å²) in [4.78, 5) is 25.9. The van der Waals surface area contributed by atoms with Crippen LogP contribution in [0.3, 0.4) is 0 Å². The van der Waals surface area contributed by atoms with Crippen molar-refractivity contribution in [2.75, 3.05) is 26.8 Å². The molecule has 0 saturated carbocycles. The van der Waals surface area contributed by atoms with Crippen molar-refractivity contribution in [2.24, 2.45) is 0 Å². The van der Waals surface area contributed by atoms with E-state index < -0.39 is 5.97 Å². The van der Waals surface area contributed by atoms with E-state index in [1.165, 1.54) is 18.2 Å². The molecule has 1 aliphatic rings. The number of hydrogen-bond donors (Lipinski definition) is 0. The molecule has 1 heterocycles. The molecule has 134 valence electrons. The number of amides is 1. The summed E-state index contributed by atoms with van der Waals surface area (Å²) in [7, 11) is 1.31. The van der Waals surface area contributed by atoms with Gasteiger partial charge < -0.3 is 14.4 Å². The van der Waals surface area contributed by atoms with Crippen molar-refractivity contribution in [3.63, 3.8) is 0 Å². The van der Waals surface area contributed by atoms with E-state index in [0.717, 1.165) is 6.42 Å². The lowest BCUT2D eigenvalue weighted by atomic mass is 10.00. The lowest BCUT2D eigenvalue weighted by molar-refractivity contribution is -0.132. The molecule has 0 bridgehead atoms. The first-order chi connectivity index (χ1) is 12.7. The van der Waals surface area contributed by atoms with Gasteiger partial charge in [0.15, 0.2) is 6.61 Å². The van der Waals surface area contributed by atoms with E-state index in [1.54, 1.807) is 29.2 Å². The maximum absolute atomic E-state index is 12.4. The zero-order chi connectivity index (χ0) is 18.4. The van der Waals surface area contributed by atoms with Crippen LogP contribution in [0.25, 0.3) is 5.57 Å². The molecule has 0 N–H and O–H groups in total. The van der Waals surface area contributed by atoms with Gasteiger partial charge in [-0.3, -0.25) is 4.79 Å². The predicted octanol–water partition coefficient (Wildman–Crippen LogP) is 3.17. The first kappa shape index (κ1) is 17.7. The fraction of sp³-hybridized carbons (Fsp3) is 0.238. The van der Waals surface area contributed by atoms with Gasteiger partial charge in [-0.15, -0.1) is 0 Å². The number of nitrogens with zero attached hydrogens (tertiary/aromatic N) is 1. The van der Waals surface area contributed by atoms with Gasteiger partial charge in [0.1, 0.15) is 11.3 Å². The molecule has 0 aliphatic carbocycles. The molecule has 5 heteroatoms. The van der Waals surface area contributed by atoms with Crippen LogP contribution in [0.5, 0.6) is 5.75 Å². The molecule has 1 aliphatic heterocycles. The summed E-state index contributed by atoms with van der Waals surface area (Å²) < 4.78 is 10.3. The van der Waals surface area contributed by atoms with Crippen LogP contribution in [-0.4, -0.2) is 43.6 Å². The topological polar surface area (TPSA) is 55.8 Å². The van der Waals surface area contributed by atoms with Crippen LogP contribution in [0.2, 0.25) is 0 Å². The van der Waals surface area contributed by atoms with Gasteiger partial charge in [0, 0.05) is 13.1 Å². The maximum Gasteiger partial charge on any atom is 0.341 e. The zero-order valence-electron chi connectivity index (χ0n) is 14.7. The van der Waals surface area contributed by atoms with E-state index in [9.17, 15) is 9.59 Å². The van der Waals surface area contributed by atoms with Gasteiger partial charge in [-0.25, -0.2) is 4.79 Å². The molecule has 2 aromatic carbocycles. The molecular weight excluding hydrogens is 330 g/mol. The minimum atomic E-state index is -0.485. The Morgan fingerprint density at radius 1 is 1.04 bits per heavy atom. The summed E-state index contributed by atoms with van der Waals surface area (Å²) in [5.41, 5.74) is 2.77. The Hall–Kier alpha value is -3.08. The van der Waals surface area contributed by atoms with Crippen molar-refractivity contribution in [1.29, 1.82) is 0 Å². The molecule has 0 saturated heterocycles. The summed E-state index contributed by atoms with van der Waals surface area (Å²) in [6.45, 7) is 1.11. The smallest absolute Gasteiger partial charge is 0.341 e. The van der Waals surface area contributed by atoms with E-state index >= 15 is 0 Å². The largest absolute Gasteiger partial charge is 0.483 e. The summed E-state index contributed by atoms with van der Waals surface area (Å²) in [6.07, 6.45) is 2.90. The standard InChI is InChI=1S/C21H21NO4/c1-25-21(24)18-9-5-6-10-19(18)26-15-20(23)22-13-11-17(12-14-22)16-7-3-2-4-8-16/h2-11H,12-15H2,1H3. The Balaban J connectivity index is 1.59. The third-order valence-electron chi connectivity index (χ3n) is 4.35. The second-order valence-corrected chi connectivity index (χ2v) is 5.96. The van der Waals surface area contributed by atoms with Gasteiger partial charge in [0.25, 0.3) is 5.91 Å². The highest BCUT2D eigenvalue weighted by Crippen LogP contribution is 2.23. The number of carbonyl (C=O) groups excluding carboxylic acids is 2. The number of methoxy groups -OCH3 is 1. The van der Waals surface area contributed by atoms with Crippen LogP contribution in [0.15, 0.2) is 60.7 Å². The Morgan fingerprint density at radius 2 is 1.77 bits per heavy atom. The number of carbonyl (C=O) groups is 2. The summed E-state index contributed by atoms with van der Waals surface area (Å²) in [5.74, 6) is -0.236. The van der Waals surface area contributed by atoms with Crippen molar-refractivity contribution in [2.45, 2.75) is 6.42 Å². The van der Waals surface area contributed by atoms with Crippen LogP contribution >= 0.6 is 0 Å². The highest BCUT2D eigenvalue weighted by molar-refractivity contribution is 5.92. The van der Waals surface area contributed by atoms with E-state index in [0.29, 0.717) is 24.4 Å². The van der Waals surface area contributed by atoms with Crippen LogP contribution in [0, 0.1) is 0 Å². The summed E-state index contributed by atoms with van der Waals surface area (Å²) in [5, 5.41) is 0. The number of esters is 1. The second kappa shape index (κ2) is 8.34. The molecule has 0 aromatic heterocycles. The van der Waals surface area contributed by atoms with Crippen LogP contribution < -0.4 is 4.74 Å². The Kier molecular flexibility index (Phi) is 5.69. The van der Waals surface area contributed by atoms with Gasteiger partial charge in [-0.2, -0.15) is 0 Å². The van der Waals surface area contributed by atoms with E-state index in [-0.39, 0.29) is 12.5 Å². The van der Waals surface area contributed by atoms with Gasteiger partial charge in [-0.05, 0) is 29.7 Å². The maximum atomic E-state index is 12.4. The molecule has 3 rings (SSSR count). The molecule has 1 amide bonds. The van der Waals surface area contributed by atoms with Crippen molar-refractivity contribution in [3.05, 3.63) is 71.8 Å². The summed E-state index contributed by atoms with van der Waals surface area (Å²) in [6, 6.07) is 16.9. The molecule has 2 aromatic rings. The van der Waals surface area contributed by atoms with E-state index in [4.69, 9.17) is 9.47 Å². The van der Waals surface area contributed by atoms with Gasteiger partial charge in [0.2, 0.25) is 0 Å². The molecule has 0 fully saturated rings. The molecule has 0 spiro atoms. The molecule has 0 atom stereocenters. The van der Waals surface area contributed by atoms with Gasteiger partial charge >= 0.3 is 5.97 Å². The Bertz CT molecular complexity index is 814. The van der Waals surface area contributed by atoms with Crippen LogP contribution in [0.4, 0.5) is 0 Å². The average Bonchev–Trinajstić information content (AvgIpc) is 2.72. The van der Waals surface area contributed by atoms with E-state index in [2.05, 4.69) is 18.2 Å². The zero-order valence-corrected chi connectivity index (χ0v) is 14.7. The normalized spacial score (nSPS) is 13.7. The molecular formula is C21H21NO4. The monoisotopic (exact) mass is 351 g/mol. The lowest BCUT2D eigenvalue weighted by Crippen LogP contribution is -2.38. The third-order valence-corrected chi connectivity index (χ3v) is 4.35. The first-order valence-corrected chi connectivity index (χ1v) is 8.51. The minimum Gasteiger partial charge on any atom is -0.483 e. The second-order valence-electron chi connectivity index (χ2n) is 5.96. The minimum absolute atomic E-state index is 0.104. The third kappa shape index (κ3) is 4.11. The summed E-state index contributed by atoms with van der Waals surface area (Å²) >= 11 is 0. The van der Waals surface area contributed by atoms with Crippen molar-refractivity contribution in [3.8, 4) is 5.75 Å². The molecule has 0 radical (unpaired) electrons. The fourth-order valence-electron chi connectivity index (χ4n) is 2.91. The highest BCUT2D eigenvalue weighted by atomic mass is 16.5. The Labute approximate surface area is 152 Å². The predicted molar refractivity (Wildman–Crippen MR) is 98.9 cm³/mol. The van der Waals surface area contributed by atoms with Gasteiger partial charge in [0.05, 0.1) is 7.11 Å². The number of rotatable bonds is 5. The lowest BCUT2D eigenvalue weighted by Gasteiger charge is -2.26. The number of para-hydroxylation sites is 1. The van der Waals surface area contributed by atoms with Crippen LogP contribution in [0.1, 0.15) is 22.3 Å². The number of ether oxygens (including phenoxy) is 2. The number of benzene rings is 2. The first-order valence-electron chi connectivity index (χ1n) is 8.51. The number of hydrogen-bond acceptors (Lipinski definition) is 4. The molecule has 5 nitrogen and oxygen atoms in total. The van der Waals surface area contributed by atoms with Crippen molar-refractivity contribution < 1.29 is 19.1 Å². The highest BCUT2D eigenvalue weighted by Gasteiger charge is 2.19. The molecule has 0 unspecified atom stereocenters. The van der Waals surface area contributed by atoms with Crippen molar-refractivity contribution >= 4 is 17.4 Å². The average molecular weight is 351 g/mol. The van der Waals surface area contributed by atoms with Crippen molar-refractivity contribution in [1.82, 2.24) is 4.90 Å². The van der Waals surface area contributed by atoms with Crippen LogP contribution in [-0.2, 0) is 9.53 Å². The Morgan fingerprint density at radius 3 is 2.46 bits per heavy atom. The SMILES string of the molecule is COC(=O)c1ccccc1OCC(=O)N1CC=C(c2ccccc2)CC1.